The molecule has 0 aromatic heterocycles. The Morgan fingerprint density at radius 2 is 1.82 bits per heavy atom. The smallest absolute Gasteiger partial charge is 0.321 e. The van der Waals surface area contributed by atoms with E-state index < -0.39 is 22.0 Å². The Morgan fingerprint density at radius 3 is 2.12 bits per heavy atom. The molecule has 0 aromatic rings. The van der Waals surface area contributed by atoms with E-state index >= 15 is 0 Å². The van der Waals surface area contributed by atoms with E-state index in [-0.39, 0.29) is 17.6 Å². The summed E-state index contributed by atoms with van der Waals surface area (Å²) in [5.41, 5.74) is -0.0845. The number of carboxylic acids is 1. The van der Waals surface area contributed by atoms with Gasteiger partial charge in [-0.3, -0.25) is 4.79 Å². The quantitative estimate of drug-likeness (QED) is 0.790. The third kappa shape index (κ3) is 5.50. The first-order chi connectivity index (χ1) is 7.51. The fourth-order valence-electron chi connectivity index (χ4n) is 1.36. The van der Waals surface area contributed by atoms with Crippen LogP contribution in [0.25, 0.3) is 0 Å². The van der Waals surface area contributed by atoms with E-state index in [0.29, 0.717) is 6.42 Å². The van der Waals surface area contributed by atoms with Crippen LogP contribution < -0.4 is 0 Å². The van der Waals surface area contributed by atoms with Gasteiger partial charge in [0.1, 0.15) is 6.04 Å². The minimum atomic E-state index is -3.50. The highest BCUT2D eigenvalue weighted by atomic mass is 32.2. The molecule has 1 unspecified atom stereocenters. The molecule has 0 bridgehead atoms. The van der Waals surface area contributed by atoms with E-state index in [9.17, 15) is 13.2 Å². The predicted molar refractivity (Wildman–Crippen MR) is 67.3 cm³/mol. The first kappa shape index (κ1) is 16.4. The average Bonchev–Trinajstić information content (AvgIpc) is 2.14. The van der Waals surface area contributed by atoms with Crippen LogP contribution in [0.3, 0.4) is 0 Å². The van der Waals surface area contributed by atoms with Crippen LogP contribution in [0.4, 0.5) is 0 Å². The second kappa shape index (κ2) is 5.82. The normalized spacial score (nSPS) is 14.9. The van der Waals surface area contributed by atoms with Crippen LogP contribution in [0.1, 0.15) is 40.5 Å². The Labute approximate surface area is 104 Å². The number of carboxylic acid groups (broad SMARTS) is 1. The van der Waals surface area contributed by atoms with Crippen molar-refractivity contribution in [3.63, 3.8) is 0 Å². The van der Waals surface area contributed by atoms with E-state index in [0.717, 1.165) is 4.31 Å². The molecule has 0 fully saturated rings. The van der Waals surface area contributed by atoms with Crippen LogP contribution in [-0.4, -0.2) is 42.6 Å². The second-order valence-corrected chi connectivity index (χ2v) is 7.55. The van der Waals surface area contributed by atoms with Crippen LogP contribution in [0, 0.1) is 5.41 Å². The third-order valence-corrected chi connectivity index (χ3v) is 4.51. The molecule has 0 radical (unpaired) electrons. The van der Waals surface area contributed by atoms with Crippen molar-refractivity contribution in [2.45, 2.75) is 46.6 Å². The molecule has 0 amide bonds. The van der Waals surface area contributed by atoms with Crippen LogP contribution in [0.5, 0.6) is 0 Å². The molecule has 17 heavy (non-hydrogen) atoms. The molecule has 1 atom stereocenters. The molecule has 102 valence electrons. The summed E-state index contributed by atoms with van der Waals surface area (Å²) in [6.07, 6.45) is 0.774. The minimum Gasteiger partial charge on any atom is -0.480 e. The van der Waals surface area contributed by atoms with Crippen LogP contribution >= 0.6 is 0 Å². The van der Waals surface area contributed by atoms with Gasteiger partial charge in [0.15, 0.2) is 0 Å². The zero-order valence-electron chi connectivity index (χ0n) is 11.2. The van der Waals surface area contributed by atoms with Gasteiger partial charge in [0.25, 0.3) is 0 Å². The maximum absolute atomic E-state index is 11.9. The van der Waals surface area contributed by atoms with Gasteiger partial charge in [-0.05, 0) is 18.3 Å². The van der Waals surface area contributed by atoms with Gasteiger partial charge in [-0.15, -0.1) is 0 Å². The largest absolute Gasteiger partial charge is 0.480 e. The summed E-state index contributed by atoms with van der Waals surface area (Å²) >= 11 is 0. The lowest BCUT2D eigenvalue weighted by molar-refractivity contribution is -0.141. The van der Waals surface area contributed by atoms with Gasteiger partial charge >= 0.3 is 5.97 Å². The Morgan fingerprint density at radius 1 is 1.35 bits per heavy atom. The van der Waals surface area contributed by atoms with Crippen LogP contribution in [-0.2, 0) is 14.8 Å². The van der Waals surface area contributed by atoms with E-state index in [1.54, 1.807) is 6.92 Å². The third-order valence-electron chi connectivity index (χ3n) is 2.66. The van der Waals surface area contributed by atoms with Gasteiger partial charge < -0.3 is 5.11 Å². The number of hydrogen-bond acceptors (Lipinski definition) is 3. The molecule has 0 saturated carbocycles. The zero-order chi connectivity index (χ0) is 13.9. The summed E-state index contributed by atoms with van der Waals surface area (Å²) in [5.74, 6) is -1.12. The molecule has 0 spiro atoms. The molecular weight excluding hydrogens is 242 g/mol. The molecule has 0 aliphatic carbocycles. The lowest BCUT2D eigenvalue weighted by atomic mass is 9.94. The number of rotatable bonds is 6. The van der Waals surface area contributed by atoms with Crippen LogP contribution in [0.2, 0.25) is 0 Å². The highest BCUT2D eigenvalue weighted by molar-refractivity contribution is 7.89. The van der Waals surface area contributed by atoms with Crippen molar-refractivity contribution < 1.29 is 18.3 Å². The highest BCUT2D eigenvalue weighted by Gasteiger charge is 2.30. The van der Waals surface area contributed by atoms with E-state index in [1.807, 2.05) is 20.8 Å². The van der Waals surface area contributed by atoms with Crippen molar-refractivity contribution >= 4 is 16.0 Å². The number of nitrogens with zero attached hydrogens (tertiary/aromatic N) is 1. The second-order valence-electron chi connectivity index (χ2n) is 5.41. The monoisotopic (exact) mass is 265 g/mol. The van der Waals surface area contributed by atoms with Gasteiger partial charge in [0, 0.05) is 7.05 Å². The molecule has 0 saturated heterocycles. The maximum atomic E-state index is 11.9. The number of hydrogen-bond donors (Lipinski definition) is 1. The van der Waals surface area contributed by atoms with Crippen molar-refractivity contribution in [3.05, 3.63) is 0 Å². The van der Waals surface area contributed by atoms with E-state index in [1.165, 1.54) is 7.05 Å². The molecule has 1 N–H and O–H groups in total. The van der Waals surface area contributed by atoms with Gasteiger partial charge in [0.2, 0.25) is 10.0 Å². The molecule has 0 aromatic carbocycles. The van der Waals surface area contributed by atoms with Crippen molar-refractivity contribution in [2.75, 3.05) is 12.8 Å². The summed E-state index contributed by atoms with van der Waals surface area (Å²) in [7, 11) is -2.16. The average molecular weight is 265 g/mol. The molecule has 0 heterocycles. The fourth-order valence-corrected chi connectivity index (χ4v) is 3.15. The minimum absolute atomic E-state index is 0.0171. The van der Waals surface area contributed by atoms with Gasteiger partial charge in [-0.25, -0.2) is 8.42 Å². The van der Waals surface area contributed by atoms with Crippen molar-refractivity contribution in [1.82, 2.24) is 4.31 Å². The Kier molecular flexibility index (Phi) is 5.61. The number of sulfonamides is 1. The number of likely N-dealkylation sites (N-methyl/N-ethyl adjacent to an activating group) is 1. The summed E-state index contributed by atoms with van der Waals surface area (Å²) in [5, 5.41) is 8.93. The lowest BCUT2D eigenvalue weighted by Gasteiger charge is -2.25. The molecule has 5 nitrogen and oxygen atoms in total. The number of aliphatic carboxylic acids is 1. The summed E-state index contributed by atoms with van der Waals surface area (Å²) < 4.78 is 24.9. The first-order valence-corrected chi connectivity index (χ1v) is 7.30. The van der Waals surface area contributed by atoms with Crippen LogP contribution in [0.15, 0.2) is 0 Å². The number of carbonyl (C=O) groups is 1. The first-order valence-electron chi connectivity index (χ1n) is 5.70. The van der Waals surface area contributed by atoms with Crippen molar-refractivity contribution in [2.24, 2.45) is 5.41 Å². The molecule has 6 heteroatoms. The summed E-state index contributed by atoms with van der Waals surface area (Å²) in [4.78, 5) is 10.9. The fraction of sp³-hybridized carbons (Fsp3) is 0.909. The summed E-state index contributed by atoms with van der Waals surface area (Å²) in [6.45, 7) is 7.53. The molecule has 0 aliphatic rings. The Balaban J connectivity index is 4.76. The summed E-state index contributed by atoms with van der Waals surface area (Å²) in [6, 6.07) is -0.972. The maximum Gasteiger partial charge on any atom is 0.321 e. The molecular formula is C11H23NO4S. The Bertz CT molecular complexity index is 356. The van der Waals surface area contributed by atoms with Crippen molar-refractivity contribution in [1.29, 1.82) is 0 Å². The highest BCUT2D eigenvalue weighted by Crippen LogP contribution is 2.21. The lowest BCUT2D eigenvalue weighted by Crippen LogP contribution is -2.43. The topological polar surface area (TPSA) is 74.7 Å². The zero-order valence-corrected chi connectivity index (χ0v) is 12.0. The van der Waals surface area contributed by atoms with Crippen molar-refractivity contribution in [3.8, 4) is 0 Å². The molecule has 0 rings (SSSR count). The van der Waals surface area contributed by atoms with Gasteiger partial charge in [-0.1, -0.05) is 27.7 Å². The standard InChI is InChI=1S/C11H23NO4S/c1-6-9(10(13)14)12(5)17(15,16)8-7-11(2,3)4/h9H,6-8H2,1-5H3,(H,13,14). The SMILES string of the molecule is CCC(C(=O)O)N(C)S(=O)(=O)CCC(C)(C)C. The van der Waals surface area contributed by atoms with E-state index in [4.69, 9.17) is 5.11 Å². The Hall–Kier alpha value is -0.620. The van der Waals surface area contributed by atoms with E-state index in [2.05, 4.69) is 0 Å². The molecule has 0 aliphatic heterocycles. The predicted octanol–water partition coefficient (Wildman–Crippen LogP) is 1.55. The van der Waals surface area contributed by atoms with Gasteiger partial charge in [-0.2, -0.15) is 4.31 Å². The van der Waals surface area contributed by atoms with Gasteiger partial charge in [0.05, 0.1) is 5.75 Å².